The summed E-state index contributed by atoms with van der Waals surface area (Å²) < 4.78 is 3.07. The smallest absolute Gasteiger partial charge is 0.126 e. The van der Waals surface area contributed by atoms with Gasteiger partial charge in [0.25, 0.3) is 0 Å². The van der Waals surface area contributed by atoms with Crippen LogP contribution >= 0.6 is 22.6 Å². The van der Waals surface area contributed by atoms with Gasteiger partial charge in [-0.15, -0.1) is 0 Å². The van der Waals surface area contributed by atoms with Crippen molar-refractivity contribution in [2.75, 3.05) is 5.73 Å². The van der Waals surface area contributed by atoms with Gasteiger partial charge in [-0.05, 0) is 60.2 Å². The van der Waals surface area contributed by atoms with E-state index in [1.807, 2.05) is 42.7 Å². The van der Waals surface area contributed by atoms with Gasteiger partial charge in [-0.3, -0.25) is 4.57 Å². The molecule has 1 aromatic carbocycles. The molecular weight excluding hydrogens is 325 g/mol. The molecule has 0 bridgehead atoms. The van der Waals surface area contributed by atoms with Crippen LogP contribution in [-0.2, 0) is 0 Å². The SMILES string of the molecule is Cc1c(C#N)c(N)n(-c2cccc(I)c2)c1C. The van der Waals surface area contributed by atoms with Crippen molar-refractivity contribution in [3.8, 4) is 11.8 Å². The molecule has 0 unspecified atom stereocenters. The Morgan fingerprint density at radius 1 is 1.35 bits per heavy atom. The van der Waals surface area contributed by atoms with E-state index in [1.165, 1.54) is 0 Å². The highest BCUT2D eigenvalue weighted by molar-refractivity contribution is 14.1. The van der Waals surface area contributed by atoms with E-state index in [4.69, 9.17) is 11.0 Å². The Morgan fingerprint density at radius 3 is 2.59 bits per heavy atom. The lowest BCUT2D eigenvalue weighted by molar-refractivity contribution is 1.01. The van der Waals surface area contributed by atoms with E-state index in [0.717, 1.165) is 20.5 Å². The van der Waals surface area contributed by atoms with Gasteiger partial charge in [0.05, 0.1) is 5.56 Å². The van der Waals surface area contributed by atoms with Crippen LogP contribution in [0.15, 0.2) is 24.3 Å². The van der Waals surface area contributed by atoms with Crippen LogP contribution in [0.25, 0.3) is 5.69 Å². The zero-order chi connectivity index (χ0) is 12.6. The maximum atomic E-state index is 9.09. The van der Waals surface area contributed by atoms with Crippen molar-refractivity contribution < 1.29 is 0 Å². The fourth-order valence-corrected chi connectivity index (χ4v) is 2.45. The fourth-order valence-electron chi connectivity index (χ4n) is 1.92. The molecule has 4 heteroatoms. The number of nitrogens with two attached hydrogens (primary N) is 1. The standard InChI is InChI=1S/C13H12IN3/c1-8-9(2)17(13(16)12(8)7-15)11-5-3-4-10(14)6-11/h3-6H,16H2,1-2H3. The minimum atomic E-state index is 0.518. The van der Waals surface area contributed by atoms with Gasteiger partial charge in [-0.1, -0.05) is 6.07 Å². The third-order valence-corrected chi connectivity index (χ3v) is 3.60. The van der Waals surface area contributed by atoms with Crippen molar-refractivity contribution in [3.63, 3.8) is 0 Å². The van der Waals surface area contributed by atoms with Crippen LogP contribution in [0, 0.1) is 28.7 Å². The Kier molecular flexibility index (Phi) is 3.11. The maximum Gasteiger partial charge on any atom is 0.126 e. The van der Waals surface area contributed by atoms with Gasteiger partial charge in [-0.2, -0.15) is 5.26 Å². The highest BCUT2D eigenvalue weighted by Crippen LogP contribution is 2.27. The molecule has 0 spiro atoms. The highest BCUT2D eigenvalue weighted by Gasteiger charge is 2.16. The molecule has 0 saturated heterocycles. The van der Waals surface area contributed by atoms with Crippen molar-refractivity contribution in [3.05, 3.63) is 44.7 Å². The van der Waals surface area contributed by atoms with Gasteiger partial charge in [-0.25, -0.2) is 0 Å². The second kappa shape index (κ2) is 4.41. The summed E-state index contributed by atoms with van der Waals surface area (Å²) in [6.07, 6.45) is 0. The lowest BCUT2D eigenvalue weighted by atomic mass is 10.2. The normalized spacial score (nSPS) is 10.2. The van der Waals surface area contributed by atoms with Gasteiger partial charge in [0.1, 0.15) is 11.9 Å². The summed E-state index contributed by atoms with van der Waals surface area (Å²) in [7, 11) is 0. The fraction of sp³-hybridized carbons (Fsp3) is 0.154. The van der Waals surface area contributed by atoms with Crippen molar-refractivity contribution >= 4 is 28.4 Å². The van der Waals surface area contributed by atoms with E-state index in [0.29, 0.717) is 11.4 Å². The molecule has 3 nitrogen and oxygen atoms in total. The molecule has 17 heavy (non-hydrogen) atoms. The molecule has 0 aliphatic carbocycles. The van der Waals surface area contributed by atoms with Gasteiger partial charge < -0.3 is 5.73 Å². The molecule has 0 saturated carbocycles. The molecule has 0 aliphatic heterocycles. The first kappa shape index (κ1) is 12.0. The van der Waals surface area contributed by atoms with Gasteiger partial charge in [0, 0.05) is 15.0 Å². The number of aromatic nitrogens is 1. The van der Waals surface area contributed by atoms with E-state index in [2.05, 4.69) is 28.7 Å². The van der Waals surface area contributed by atoms with Crippen LogP contribution in [-0.4, -0.2) is 4.57 Å². The third-order valence-electron chi connectivity index (χ3n) is 2.93. The quantitative estimate of drug-likeness (QED) is 0.813. The molecule has 1 aromatic heterocycles. The van der Waals surface area contributed by atoms with Crippen LogP contribution in [0.1, 0.15) is 16.8 Å². The number of nitriles is 1. The van der Waals surface area contributed by atoms with Gasteiger partial charge in [0.15, 0.2) is 0 Å². The second-order valence-corrected chi connectivity index (χ2v) is 5.14. The van der Waals surface area contributed by atoms with E-state index in [9.17, 15) is 0 Å². The van der Waals surface area contributed by atoms with Crippen LogP contribution in [0.3, 0.4) is 0 Å². The summed E-state index contributed by atoms with van der Waals surface area (Å²) in [4.78, 5) is 0. The van der Waals surface area contributed by atoms with Crippen LogP contribution in [0.5, 0.6) is 0 Å². The summed E-state index contributed by atoms with van der Waals surface area (Å²) >= 11 is 2.26. The molecule has 86 valence electrons. The molecule has 2 N–H and O–H groups in total. The Morgan fingerprint density at radius 2 is 2.06 bits per heavy atom. The minimum absolute atomic E-state index is 0.518. The van der Waals surface area contributed by atoms with Crippen molar-refractivity contribution in [2.45, 2.75) is 13.8 Å². The largest absolute Gasteiger partial charge is 0.384 e. The first-order chi connectivity index (χ1) is 8.06. The van der Waals surface area contributed by atoms with Crippen LogP contribution < -0.4 is 5.73 Å². The molecule has 0 aliphatic rings. The number of benzene rings is 1. The molecule has 2 aromatic rings. The number of rotatable bonds is 1. The number of hydrogen-bond donors (Lipinski definition) is 1. The molecule has 0 amide bonds. The lowest BCUT2D eigenvalue weighted by Gasteiger charge is -2.09. The minimum Gasteiger partial charge on any atom is -0.384 e. The molecule has 0 fully saturated rings. The topological polar surface area (TPSA) is 54.7 Å². The number of anilines is 1. The Hall–Kier alpha value is -1.48. The summed E-state index contributed by atoms with van der Waals surface area (Å²) in [6.45, 7) is 3.90. The lowest BCUT2D eigenvalue weighted by Crippen LogP contribution is -2.02. The van der Waals surface area contributed by atoms with E-state index in [-0.39, 0.29) is 0 Å². The van der Waals surface area contributed by atoms with Crippen molar-refractivity contribution in [1.82, 2.24) is 4.57 Å². The Bertz CT molecular complexity index is 620. The zero-order valence-corrected chi connectivity index (χ0v) is 11.8. The molecule has 0 radical (unpaired) electrons. The zero-order valence-electron chi connectivity index (χ0n) is 9.66. The summed E-state index contributed by atoms with van der Waals surface area (Å²) in [6, 6.07) is 10.2. The molecule has 2 rings (SSSR count). The monoisotopic (exact) mass is 337 g/mol. The summed E-state index contributed by atoms with van der Waals surface area (Å²) in [5.41, 5.74) is 9.57. The number of nitrogens with zero attached hydrogens (tertiary/aromatic N) is 2. The third kappa shape index (κ3) is 1.91. The predicted octanol–water partition coefficient (Wildman–Crippen LogP) is 3.15. The number of halogens is 1. The van der Waals surface area contributed by atoms with Crippen molar-refractivity contribution in [1.29, 1.82) is 5.26 Å². The first-order valence-electron chi connectivity index (χ1n) is 5.19. The Balaban J connectivity index is 2.73. The average molecular weight is 337 g/mol. The molecule has 1 heterocycles. The predicted molar refractivity (Wildman–Crippen MR) is 77.1 cm³/mol. The molecule has 0 atom stereocenters. The van der Waals surface area contributed by atoms with E-state index in [1.54, 1.807) is 0 Å². The summed E-state index contributed by atoms with van der Waals surface area (Å²) in [5.74, 6) is 0.518. The maximum absolute atomic E-state index is 9.09. The van der Waals surface area contributed by atoms with E-state index < -0.39 is 0 Å². The number of nitrogen functional groups attached to an aromatic ring is 1. The van der Waals surface area contributed by atoms with Crippen LogP contribution in [0.2, 0.25) is 0 Å². The highest BCUT2D eigenvalue weighted by atomic mass is 127. The summed E-state index contributed by atoms with van der Waals surface area (Å²) in [5, 5.41) is 9.09. The van der Waals surface area contributed by atoms with Gasteiger partial charge >= 0.3 is 0 Å². The molecular formula is C13H12IN3. The Labute approximate surface area is 114 Å². The van der Waals surface area contributed by atoms with Crippen LogP contribution in [0.4, 0.5) is 5.82 Å². The first-order valence-corrected chi connectivity index (χ1v) is 6.27. The van der Waals surface area contributed by atoms with Gasteiger partial charge in [0.2, 0.25) is 0 Å². The number of hydrogen-bond acceptors (Lipinski definition) is 2. The second-order valence-electron chi connectivity index (χ2n) is 3.90. The van der Waals surface area contributed by atoms with Crippen molar-refractivity contribution in [2.24, 2.45) is 0 Å². The van der Waals surface area contributed by atoms with E-state index >= 15 is 0 Å². The average Bonchev–Trinajstić information content (AvgIpc) is 2.50.